The molecule has 240 valence electrons. The molecule has 1 fully saturated rings. The van der Waals surface area contributed by atoms with E-state index in [4.69, 9.17) is 17.4 Å². The number of hydrogen-bond acceptors (Lipinski definition) is 8. The lowest BCUT2D eigenvalue weighted by molar-refractivity contribution is -0.137. The van der Waals surface area contributed by atoms with E-state index in [1.54, 1.807) is 30.3 Å². The first-order chi connectivity index (χ1) is 21.6. The summed E-state index contributed by atoms with van der Waals surface area (Å²) in [6, 6.07) is 15.0. The van der Waals surface area contributed by atoms with Gasteiger partial charge in [-0.15, -0.1) is 0 Å². The summed E-state index contributed by atoms with van der Waals surface area (Å²) in [6.07, 6.45) is -0.414. The van der Waals surface area contributed by atoms with Gasteiger partial charge in [0.2, 0.25) is 0 Å². The molecule has 1 heterocycles. The highest BCUT2D eigenvalue weighted by Crippen LogP contribution is 2.35. The molecule has 3 aromatic rings. The fourth-order valence-corrected chi connectivity index (χ4v) is 5.05. The monoisotopic (exact) mass is 645 g/mol. The van der Waals surface area contributed by atoms with Crippen molar-refractivity contribution in [2.45, 2.75) is 38.0 Å². The third-order valence-corrected chi connectivity index (χ3v) is 7.59. The minimum atomic E-state index is -4.65. The van der Waals surface area contributed by atoms with Gasteiger partial charge in [-0.1, -0.05) is 29.8 Å². The predicted molar refractivity (Wildman–Crippen MR) is 168 cm³/mol. The lowest BCUT2D eigenvalue weighted by atomic mass is 10.1. The van der Waals surface area contributed by atoms with E-state index in [1.165, 1.54) is 6.07 Å². The average Bonchev–Trinajstić information content (AvgIpc) is 3.04. The van der Waals surface area contributed by atoms with Gasteiger partial charge in [0.1, 0.15) is 0 Å². The maximum atomic E-state index is 13.3. The van der Waals surface area contributed by atoms with Crippen LogP contribution in [0.3, 0.4) is 0 Å². The molecule has 10 nitrogen and oxygen atoms in total. The van der Waals surface area contributed by atoms with Crippen LogP contribution in [0.4, 0.5) is 24.5 Å². The molecule has 0 bridgehead atoms. The van der Waals surface area contributed by atoms with Gasteiger partial charge in [0.05, 0.1) is 40.7 Å². The van der Waals surface area contributed by atoms with E-state index < -0.39 is 28.6 Å². The molecule has 1 aliphatic rings. The Hall–Kier alpha value is -4.01. The molecule has 1 aliphatic heterocycles. The lowest BCUT2D eigenvalue weighted by Gasteiger charge is -2.29. The number of hydrazine groups is 1. The number of benzene rings is 3. The van der Waals surface area contributed by atoms with E-state index in [9.17, 15) is 27.9 Å². The summed E-state index contributed by atoms with van der Waals surface area (Å²) in [6.45, 7) is 2.35. The van der Waals surface area contributed by atoms with Crippen molar-refractivity contribution in [2.24, 2.45) is 10.9 Å². The Morgan fingerprint density at radius 2 is 1.82 bits per heavy atom. The number of piperidine rings is 1. The molecule has 4 rings (SSSR count). The molecule has 0 aliphatic carbocycles. The van der Waals surface area contributed by atoms with Crippen molar-refractivity contribution in [3.63, 3.8) is 0 Å². The van der Waals surface area contributed by atoms with Crippen LogP contribution in [-0.4, -0.2) is 55.4 Å². The Morgan fingerprint density at radius 3 is 2.53 bits per heavy atom. The summed E-state index contributed by atoms with van der Waals surface area (Å²) in [4.78, 5) is 28.8. The van der Waals surface area contributed by atoms with Gasteiger partial charge >= 0.3 is 6.18 Å². The zero-order valence-electron chi connectivity index (χ0n) is 24.3. The zero-order chi connectivity index (χ0) is 32.4. The molecular weight excluding hydrogens is 611 g/mol. The number of hydrazone groups is 1. The van der Waals surface area contributed by atoms with Gasteiger partial charge in [0.15, 0.2) is 0 Å². The van der Waals surface area contributed by atoms with Crippen molar-refractivity contribution >= 4 is 41.0 Å². The fourth-order valence-electron chi connectivity index (χ4n) is 4.83. The molecule has 0 radical (unpaired) electrons. The fraction of sp³-hybridized carbons (Fsp3) is 0.323. The number of hydrogen-bond donors (Lipinski definition) is 6. The summed E-state index contributed by atoms with van der Waals surface area (Å²) < 4.78 is 39.7. The van der Waals surface area contributed by atoms with Crippen molar-refractivity contribution < 1.29 is 27.9 Å². The minimum absolute atomic E-state index is 0.0863. The quantitative estimate of drug-likeness (QED) is 0.0980. The average molecular weight is 646 g/mol. The van der Waals surface area contributed by atoms with E-state index in [0.717, 1.165) is 62.0 Å². The predicted octanol–water partition coefficient (Wildman–Crippen LogP) is 4.28. The highest BCUT2D eigenvalue weighted by atomic mass is 35.5. The molecule has 0 spiro atoms. The summed E-state index contributed by atoms with van der Waals surface area (Å²) in [5.74, 6) is 4.28. The lowest BCUT2D eigenvalue weighted by Crippen LogP contribution is -2.44. The van der Waals surface area contributed by atoms with Crippen LogP contribution in [0, 0.1) is 0 Å². The van der Waals surface area contributed by atoms with Gasteiger partial charge in [-0.2, -0.15) is 18.3 Å². The number of carbonyl (C=O) groups excluding carboxylic acids is 2. The van der Waals surface area contributed by atoms with Crippen molar-refractivity contribution in [3.05, 3.63) is 93.5 Å². The van der Waals surface area contributed by atoms with Crippen LogP contribution < -0.4 is 32.2 Å². The smallest absolute Gasteiger partial charge is 0.395 e. The molecule has 45 heavy (non-hydrogen) atoms. The van der Waals surface area contributed by atoms with Gasteiger partial charge in [-0.3, -0.25) is 20.9 Å². The normalized spacial score (nSPS) is 14.4. The minimum Gasteiger partial charge on any atom is -0.395 e. The number of alkyl halides is 3. The number of nitrogens with two attached hydrogens (primary N) is 1. The van der Waals surface area contributed by atoms with E-state index >= 15 is 0 Å². The maximum absolute atomic E-state index is 13.3. The summed E-state index contributed by atoms with van der Waals surface area (Å²) in [7, 11) is 0. The molecule has 14 heteroatoms. The van der Waals surface area contributed by atoms with Crippen LogP contribution in [0.25, 0.3) is 0 Å². The van der Waals surface area contributed by atoms with Crippen LogP contribution in [-0.2, 0) is 12.7 Å². The Balaban J connectivity index is 1.52. The van der Waals surface area contributed by atoms with Crippen molar-refractivity contribution in [1.82, 2.24) is 16.2 Å². The highest BCUT2D eigenvalue weighted by Gasteiger charge is 2.33. The number of aliphatic hydroxyl groups is 1. The number of halogens is 4. The third kappa shape index (κ3) is 9.49. The standard InChI is InChI=1S/C31H35ClF3N7O3/c32-27-9-7-21(14-26(27)31(33,34)35)17-38-41-30(45)25-15-24(42-11-2-1-3-12-42)8-10-28(25)39-29(44)22-6-4-5-20(13-22)16-37-18-23(19-43)40-36/h4-10,13-15,17,23,37,40,43H,1-3,11-12,16,18-19,36H2,(H,39,44)(H,41,45). The van der Waals surface area contributed by atoms with E-state index in [-0.39, 0.29) is 29.5 Å². The van der Waals surface area contributed by atoms with E-state index in [0.29, 0.717) is 18.7 Å². The van der Waals surface area contributed by atoms with E-state index in [1.807, 2.05) is 12.1 Å². The van der Waals surface area contributed by atoms with Crippen LogP contribution in [0.2, 0.25) is 5.02 Å². The Morgan fingerprint density at radius 1 is 1.04 bits per heavy atom. The second-order valence-electron chi connectivity index (χ2n) is 10.5. The third-order valence-electron chi connectivity index (χ3n) is 7.26. The van der Waals surface area contributed by atoms with Crippen LogP contribution in [0.15, 0.2) is 65.8 Å². The molecule has 3 aromatic carbocycles. The zero-order valence-corrected chi connectivity index (χ0v) is 25.1. The van der Waals surface area contributed by atoms with Gasteiger partial charge in [-0.25, -0.2) is 5.43 Å². The molecule has 1 saturated heterocycles. The molecule has 1 unspecified atom stereocenters. The molecule has 0 saturated carbocycles. The molecular formula is C31H35ClF3N7O3. The Kier molecular flexibility index (Phi) is 11.9. The van der Waals surface area contributed by atoms with Crippen LogP contribution in [0.5, 0.6) is 0 Å². The van der Waals surface area contributed by atoms with Crippen LogP contribution in [0.1, 0.15) is 56.7 Å². The molecule has 2 amide bonds. The number of carbonyl (C=O) groups is 2. The number of rotatable bonds is 12. The summed E-state index contributed by atoms with van der Waals surface area (Å²) in [5, 5.41) is 18.6. The van der Waals surface area contributed by atoms with E-state index in [2.05, 4.69) is 31.5 Å². The summed E-state index contributed by atoms with van der Waals surface area (Å²) >= 11 is 5.69. The summed E-state index contributed by atoms with van der Waals surface area (Å²) in [5.41, 5.74) is 6.29. The first-order valence-electron chi connectivity index (χ1n) is 14.4. The SMILES string of the molecule is NNC(CO)CNCc1cccc(C(=O)Nc2ccc(N3CCCCC3)cc2C(=O)NN=Cc2ccc(Cl)c(C(F)(F)F)c2)c1. The van der Waals surface area contributed by atoms with Crippen LogP contribution >= 0.6 is 11.6 Å². The second kappa shape index (κ2) is 15.8. The number of nitrogens with one attached hydrogen (secondary N) is 4. The molecule has 0 aromatic heterocycles. The van der Waals surface area contributed by atoms with Gasteiger partial charge in [-0.05, 0) is 72.9 Å². The number of aliphatic hydroxyl groups excluding tert-OH is 1. The highest BCUT2D eigenvalue weighted by molar-refractivity contribution is 6.31. The number of amides is 2. The van der Waals surface area contributed by atoms with Crippen molar-refractivity contribution in [2.75, 3.05) is 36.5 Å². The van der Waals surface area contributed by atoms with Gasteiger partial charge < -0.3 is 20.6 Å². The first-order valence-corrected chi connectivity index (χ1v) is 14.7. The van der Waals surface area contributed by atoms with Gasteiger partial charge in [0, 0.05) is 37.4 Å². The largest absolute Gasteiger partial charge is 0.417 e. The van der Waals surface area contributed by atoms with Crippen molar-refractivity contribution in [1.29, 1.82) is 0 Å². The van der Waals surface area contributed by atoms with Crippen molar-refractivity contribution in [3.8, 4) is 0 Å². The maximum Gasteiger partial charge on any atom is 0.417 e. The van der Waals surface area contributed by atoms with Gasteiger partial charge in [0.25, 0.3) is 11.8 Å². The molecule has 1 atom stereocenters. The number of nitrogens with zero attached hydrogens (tertiary/aromatic N) is 2. The second-order valence-corrected chi connectivity index (χ2v) is 11.0. The molecule has 7 N–H and O–H groups in total. The Labute approximate surface area is 263 Å². The number of anilines is 2. The topological polar surface area (TPSA) is 144 Å². The Bertz CT molecular complexity index is 1510. The first kappa shape index (κ1) is 33.9.